The second kappa shape index (κ2) is 11.5. The summed E-state index contributed by atoms with van der Waals surface area (Å²) in [6, 6.07) is 11.5. The summed E-state index contributed by atoms with van der Waals surface area (Å²) in [7, 11) is -4.22. The van der Waals surface area contributed by atoms with Crippen LogP contribution in [0, 0.1) is 30.5 Å². The summed E-state index contributed by atoms with van der Waals surface area (Å²) in [6.45, 7) is 1.97. The third kappa shape index (κ3) is 6.42. The Bertz CT molecular complexity index is 2050. The summed E-state index contributed by atoms with van der Waals surface area (Å²) in [6.07, 6.45) is 4.79. The Balaban J connectivity index is 1.49. The van der Waals surface area contributed by atoms with Crippen LogP contribution < -0.4 is 5.14 Å². The molecule has 0 atom stereocenters. The Hall–Kier alpha value is -4.22. The van der Waals surface area contributed by atoms with Gasteiger partial charge in [0.1, 0.15) is 10.7 Å². The van der Waals surface area contributed by atoms with Gasteiger partial charge < -0.3 is 5.11 Å². The van der Waals surface area contributed by atoms with Gasteiger partial charge in [-0.1, -0.05) is 24.1 Å². The van der Waals surface area contributed by atoms with Crippen LogP contribution in [0.4, 0.5) is 4.39 Å². The first-order chi connectivity index (χ1) is 20.5. The number of nitrogens with zero attached hydrogens (tertiary/aromatic N) is 4. The Morgan fingerprint density at radius 3 is 2.67 bits per heavy atom. The summed E-state index contributed by atoms with van der Waals surface area (Å²) < 4.78 is 40.1. The van der Waals surface area contributed by atoms with E-state index < -0.39 is 26.7 Å². The van der Waals surface area contributed by atoms with Crippen molar-refractivity contribution in [2.45, 2.75) is 37.5 Å². The zero-order valence-electron chi connectivity index (χ0n) is 22.7. The number of benzene rings is 2. The maximum Gasteiger partial charge on any atom is 0.355 e. The molecule has 0 radical (unpaired) electrons. The van der Waals surface area contributed by atoms with Gasteiger partial charge in [-0.05, 0) is 67.9 Å². The number of thiazole rings is 2. The van der Waals surface area contributed by atoms with Gasteiger partial charge >= 0.3 is 5.97 Å². The summed E-state index contributed by atoms with van der Waals surface area (Å²) in [4.78, 5) is 20.7. The van der Waals surface area contributed by atoms with Crippen LogP contribution in [-0.2, 0) is 22.9 Å². The fourth-order valence-electron chi connectivity index (χ4n) is 4.70. The van der Waals surface area contributed by atoms with Gasteiger partial charge in [0.05, 0.1) is 11.4 Å². The molecule has 0 bridgehead atoms. The number of aromatic nitrogens is 4. The quantitative estimate of drug-likeness (QED) is 0.224. The van der Waals surface area contributed by atoms with Gasteiger partial charge in [0.25, 0.3) is 0 Å². The molecule has 3 N–H and O–H groups in total. The molecule has 0 spiro atoms. The fourth-order valence-corrected chi connectivity index (χ4v) is 6.68. The standard InChI is InChI=1S/C30H24FN5O4S3/c1-17-15-33-27(42-17)10-8-18-3-2-4-21(11-18)28-22(12-20-7-9-26(23(31)13-20)43(32,39)40)25(14-19-5-6-19)36(35-28)30-34-24(16-41-30)29(37)38/h2-4,7,9,11,13,15-16,19H,5-6,12,14H2,1H3,(H,37,38)(H2,32,39,40). The first-order valence-electron chi connectivity index (χ1n) is 13.2. The summed E-state index contributed by atoms with van der Waals surface area (Å²) in [5, 5.41) is 22.2. The molecule has 218 valence electrons. The Morgan fingerprint density at radius 1 is 1.21 bits per heavy atom. The van der Waals surface area contributed by atoms with E-state index in [1.54, 1.807) is 10.9 Å². The molecule has 1 aliphatic carbocycles. The molecule has 5 aromatic rings. The van der Waals surface area contributed by atoms with Gasteiger partial charge in [0.2, 0.25) is 15.2 Å². The van der Waals surface area contributed by atoms with Crippen LogP contribution in [0.15, 0.2) is 58.9 Å². The van der Waals surface area contributed by atoms with Crippen molar-refractivity contribution in [2.24, 2.45) is 11.1 Å². The smallest absolute Gasteiger partial charge is 0.355 e. The van der Waals surface area contributed by atoms with Crippen molar-refractivity contribution < 1.29 is 22.7 Å². The van der Waals surface area contributed by atoms with Crippen molar-refractivity contribution in [3.05, 3.63) is 97.8 Å². The van der Waals surface area contributed by atoms with Crippen LogP contribution in [0.25, 0.3) is 16.4 Å². The number of sulfonamides is 1. The van der Waals surface area contributed by atoms with Crippen LogP contribution in [0.2, 0.25) is 0 Å². The predicted molar refractivity (Wildman–Crippen MR) is 161 cm³/mol. The van der Waals surface area contributed by atoms with Crippen molar-refractivity contribution in [1.82, 2.24) is 19.7 Å². The maximum atomic E-state index is 14.9. The molecule has 3 aromatic heterocycles. The van der Waals surface area contributed by atoms with E-state index in [2.05, 4.69) is 21.8 Å². The van der Waals surface area contributed by atoms with Crippen molar-refractivity contribution >= 4 is 38.7 Å². The van der Waals surface area contributed by atoms with E-state index in [4.69, 9.17) is 10.2 Å². The van der Waals surface area contributed by atoms with Gasteiger partial charge in [-0.2, -0.15) is 5.10 Å². The van der Waals surface area contributed by atoms with Gasteiger partial charge in [0, 0.05) is 39.6 Å². The molecule has 0 saturated heterocycles. The van der Waals surface area contributed by atoms with Crippen LogP contribution in [-0.4, -0.2) is 39.2 Å². The molecular weight excluding hydrogens is 610 g/mol. The third-order valence-electron chi connectivity index (χ3n) is 6.92. The molecule has 9 nitrogen and oxygen atoms in total. The van der Waals surface area contributed by atoms with Crippen molar-refractivity contribution in [3.8, 4) is 28.2 Å². The lowest BCUT2D eigenvalue weighted by Gasteiger charge is -2.10. The fraction of sp³-hybridized carbons (Fsp3) is 0.200. The monoisotopic (exact) mass is 633 g/mol. The van der Waals surface area contributed by atoms with E-state index >= 15 is 0 Å². The number of halogens is 1. The minimum Gasteiger partial charge on any atom is -0.476 e. The molecule has 6 rings (SSSR count). The summed E-state index contributed by atoms with van der Waals surface area (Å²) >= 11 is 2.68. The van der Waals surface area contributed by atoms with Crippen LogP contribution in [0.1, 0.15) is 55.6 Å². The molecule has 0 unspecified atom stereocenters. The Kier molecular flexibility index (Phi) is 7.70. The second-order valence-corrected chi connectivity index (χ2v) is 13.8. The Labute approximate surface area is 254 Å². The molecule has 1 saturated carbocycles. The van der Waals surface area contributed by atoms with E-state index in [1.165, 1.54) is 46.3 Å². The zero-order chi connectivity index (χ0) is 30.3. The molecular formula is C30H24FN5O4S3. The number of aryl methyl sites for hydroxylation is 1. The third-order valence-corrected chi connectivity index (χ3v) is 9.50. The van der Waals surface area contributed by atoms with Crippen molar-refractivity contribution in [2.75, 3.05) is 0 Å². The van der Waals surface area contributed by atoms with E-state index in [9.17, 15) is 22.7 Å². The number of nitrogens with two attached hydrogens (primary N) is 1. The van der Waals surface area contributed by atoms with E-state index in [0.29, 0.717) is 33.7 Å². The van der Waals surface area contributed by atoms with Gasteiger partial charge in [-0.3, -0.25) is 0 Å². The minimum absolute atomic E-state index is 0.0775. The highest BCUT2D eigenvalue weighted by atomic mass is 32.2. The van der Waals surface area contributed by atoms with Crippen LogP contribution in [0.3, 0.4) is 0 Å². The van der Waals surface area contributed by atoms with Crippen LogP contribution >= 0.6 is 22.7 Å². The molecule has 1 aliphatic rings. The number of hydrogen-bond acceptors (Lipinski definition) is 8. The summed E-state index contributed by atoms with van der Waals surface area (Å²) in [5.74, 6) is 4.62. The number of carboxylic acid groups (broad SMARTS) is 1. The van der Waals surface area contributed by atoms with Crippen molar-refractivity contribution in [3.63, 3.8) is 0 Å². The lowest BCUT2D eigenvalue weighted by Crippen LogP contribution is -2.14. The number of aromatic carboxylic acids is 1. The average Bonchev–Trinajstić information content (AvgIpc) is 3.30. The number of hydrogen-bond donors (Lipinski definition) is 2. The highest BCUT2D eigenvalue weighted by molar-refractivity contribution is 7.89. The lowest BCUT2D eigenvalue weighted by molar-refractivity contribution is 0.0691. The number of rotatable bonds is 8. The largest absolute Gasteiger partial charge is 0.476 e. The summed E-state index contributed by atoms with van der Waals surface area (Å²) in [5.41, 5.74) is 4.24. The van der Waals surface area contributed by atoms with Gasteiger partial charge in [0.15, 0.2) is 10.7 Å². The van der Waals surface area contributed by atoms with E-state index in [-0.39, 0.29) is 12.1 Å². The van der Waals surface area contributed by atoms with E-state index in [1.807, 2.05) is 31.2 Å². The molecule has 0 aliphatic heterocycles. The zero-order valence-corrected chi connectivity index (χ0v) is 25.2. The molecule has 43 heavy (non-hydrogen) atoms. The number of carbonyl (C=O) groups is 1. The lowest BCUT2D eigenvalue weighted by atomic mass is 9.96. The molecule has 2 aromatic carbocycles. The Morgan fingerprint density at radius 2 is 2.02 bits per heavy atom. The van der Waals surface area contributed by atoms with Gasteiger partial charge in [-0.15, -0.1) is 22.7 Å². The molecule has 3 heterocycles. The molecule has 1 fully saturated rings. The molecule has 0 amide bonds. The highest BCUT2D eigenvalue weighted by Gasteiger charge is 2.29. The highest BCUT2D eigenvalue weighted by Crippen LogP contribution is 2.38. The van der Waals surface area contributed by atoms with Gasteiger partial charge in [-0.25, -0.2) is 37.4 Å². The van der Waals surface area contributed by atoms with Crippen LogP contribution in [0.5, 0.6) is 0 Å². The first kappa shape index (κ1) is 28.9. The number of primary sulfonamides is 1. The normalized spacial score (nSPS) is 13.1. The topological polar surface area (TPSA) is 141 Å². The average molecular weight is 634 g/mol. The minimum atomic E-state index is -4.22. The second-order valence-electron chi connectivity index (χ2n) is 10.2. The SMILES string of the molecule is Cc1cnc(C#Cc2cccc(-c3nn(-c4nc(C(=O)O)cs4)c(CC4CC4)c3Cc3ccc(S(N)(=O)=O)c(F)c3)c2)s1. The first-order valence-corrected chi connectivity index (χ1v) is 16.5. The predicted octanol–water partition coefficient (Wildman–Crippen LogP) is 5.19. The maximum absolute atomic E-state index is 14.9. The van der Waals surface area contributed by atoms with E-state index in [0.717, 1.165) is 40.1 Å². The molecule has 13 heteroatoms. The number of carboxylic acids is 1. The van der Waals surface area contributed by atoms with Crippen molar-refractivity contribution in [1.29, 1.82) is 0 Å².